The van der Waals surface area contributed by atoms with Crippen LogP contribution in [0.4, 0.5) is 13.2 Å². The summed E-state index contributed by atoms with van der Waals surface area (Å²) in [4.78, 5) is 10.5. The quantitative estimate of drug-likeness (QED) is 0.788. The number of aliphatic hydroxyl groups excluding tert-OH is 2. The van der Waals surface area contributed by atoms with Crippen molar-refractivity contribution in [3.8, 4) is 5.75 Å². The van der Waals surface area contributed by atoms with E-state index >= 15 is 0 Å². The number of ether oxygens (including phenoxy) is 1. The predicted octanol–water partition coefficient (Wildman–Crippen LogP) is 1.72. The maximum atomic E-state index is 11.9. The van der Waals surface area contributed by atoms with E-state index in [1.165, 1.54) is 0 Å². The fourth-order valence-corrected chi connectivity index (χ4v) is 1.53. The average molecular weight is 301 g/mol. The van der Waals surface area contributed by atoms with E-state index < -0.39 is 30.3 Å². The van der Waals surface area contributed by atoms with Crippen molar-refractivity contribution in [2.24, 2.45) is 0 Å². The fourth-order valence-electron chi connectivity index (χ4n) is 1.25. The summed E-state index contributed by atoms with van der Waals surface area (Å²) >= 11 is 5.59. The number of benzene rings is 1. The van der Waals surface area contributed by atoms with E-state index in [-0.39, 0.29) is 10.6 Å². The van der Waals surface area contributed by atoms with Gasteiger partial charge in [0.15, 0.2) is 6.10 Å². The summed E-state index contributed by atoms with van der Waals surface area (Å²) in [6.45, 7) is 0. The van der Waals surface area contributed by atoms with Crippen LogP contribution in [0, 0.1) is 0 Å². The van der Waals surface area contributed by atoms with Gasteiger partial charge in [0.2, 0.25) is 0 Å². The lowest BCUT2D eigenvalue weighted by Crippen LogP contribution is -2.27. The molecule has 0 amide bonds. The average Bonchev–Trinajstić information content (AvgIpc) is 2.25. The molecule has 1 rings (SSSR count). The van der Waals surface area contributed by atoms with E-state index in [1.807, 2.05) is 0 Å². The van der Waals surface area contributed by atoms with Crippen LogP contribution in [0.15, 0.2) is 18.2 Å². The van der Waals surface area contributed by atoms with Crippen molar-refractivity contribution in [3.63, 3.8) is 0 Å². The zero-order chi connectivity index (χ0) is 14.8. The van der Waals surface area contributed by atoms with Crippen LogP contribution in [-0.4, -0.2) is 33.8 Å². The molecular formula is C10H8ClF3O5. The number of rotatable bonds is 4. The van der Waals surface area contributed by atoms with Crippen LogP contribution < -0.4 is 4.74 Å². The molecule has 106 valence electrons. The van der Waals surface area contributed by atoms with Crippen molar-refractivity contribution >= 4 is 17.6 Å². The van der Waals surface area contributed by atoms with Crippen LogP contribution in [0.2, 0.25) is 5.02 Å². The Morgan fingerprint density at radius 2 is 1.89 bits per heavy atom. The van der Waals surface area contributed by atoms with Gasteiger partial charge >= 0.3 is 12.3 Å². The summed E-state index contributed by atoms with van der Waals surface area (Å²) in [5.74, 6) is -2.32. The van der Waals surface area contributed by atoms with Crippen LogP contribution in [0.25, 0.3) is 0 Å². The number of carbonyl (C=O) groups is 1. The predicted molar refractivity (Wildman–Crippen MR) is 56.7 cm³/mol. The van der Waals surface area contributed by atoms with E-state index in [2.05, 4.69) is 4.74 Å². The van der Waals surface area contributed by atoms with E-state index in [0.717, 1.165) is 18.2 Å². The molecule has 0 aliphatic carbocycles. The molecule has 0 bridgehead atoms. The Morgan fingerprint density at radius 1 is 1.32 bits per heavy atom. The third kappa shape index (κ3) is 4.27. The van der Waals surface area contributed by atoms with Crippen molar-refractivity contribution in [1.82, 2.24) is 0 Å². The second kappa shape index (κ2) is 5.64. The molecule has 19 heavy (non-hydrogen) atoms. The molecule has 2 atom stereocenters. The molecule has 2 unspecified atom stereocenters. The van der Waals surface area contributed by atoms with E-state index in [4.69, 9.17) is 21.8 Å². The number of hydrogen-bond donors (Lipinski definition) is 3. The summed E-state index contributed by atoms with van der Waals surface area (Å²) < 4.78 is 39.4. The molecular weight excluding hydrogens is 293 g/mol. The second-order valence-electron chi connectivity index (χ2n) is 3.46. The number of hydrogen-bond acceptors (Lipinski definition) is 4. The Labute approximate surface area is 109 Å². The normalized spacial score (nSPS) is 14.8. The minimum atomic E-state index is -4.90. The Bertz CT molecular complexity index is 477. The van der Waals surface area contributed by atoms with Crippen LogP contribution in [0.3, 0.4) is 0 Å². The zero-order valence-corrected chi connectivity index (χ0v) is 9.81. The van der Waals surface area contributed by atoms with Gasteiger partial charge in [-0.25, -0.2) is 4.79 Å². The minimum absolute atomic E-state index is 0.230. The van der Waals surface area contributed by atoms with Crippen molar-refractivity contribution in [3.05, 3.63) is 28.8 Å². The standard InChI is InChI=1S/C10H8ClF3O5/c11-6-3-4(19-10(12,13)14)1-2-5(6)7(15)8(16)9(17)18/h1-3,7-8,15-16H,(H,17,18). The minimum Gasteiger partial charge on any atom is -0.479 e. The van der Waals surface area contributed by atoms with Gasteiger partial charge in [0.05, 0.1) is 5.02 Å². The van der Waals surface area contributed by atoms with Gasteiger partial charge in [-0.1, -0.05) is 17.7 Å². The molecule has 0 fully saturated rings. The summed E-state index contributed by atoms with van der Waals surface area (Å²) in [5.41, 5.74) is -0.230. The molecule has 0 radical (unpaired) electrons. The molecule has 0 spiro atoms. The molecule has 1 aromatic rings. The lowest BCUT2D eigenvalue weighted by Gasteiger charge is -2.16. The van der Waals surface area contributed by atoms with E-state index in [9.17, 15) is 23.1 Å². The highest BCUT2D eigenvalue weighted by Crippen LogP contribution is 2.31. The molecule has 0 saturated carbocycles. The molecule has 1 aromatic carbocycles. The first-order valence-electron chi connectivity index (χ1n) is 4.76. The molecule has 0 aliphatic rings. The maximum Gasteiger partial charge on any atom is 0.573 e. The van der Waals surface area contributed by atoms with Crippen molar-refractivity contribution in [2.45, 2.75) is 18.6 Å². The van der Waals surface area contributed by atoms with Gasteiger partial charge in [0.1, 0.15) is 11.9 Å². The third-order valence-corrected chi connectivity index (χ3v) is 2.40. The topological polar surface area (TPSA) is 87.0 Å². The first kappa shape index (κ1) is 15.5. The summed E-state index contributed by atoms with van der Waals surface area (Å²) in [5, 5.41) is 26.7. The van der Waals surface area contributed by atoms with Crippen molar-refractivity contribution in [1.29, 1.82) is 0 Å². The van der Waals surface area contributed by atoms with Crippen LogP contribution >= 0.6 is 11.6 Å². The van der Waals surface area contributed by atoms with Gasteiger partial charge in [-0.2, -0.15) is 0 Å². The van der Waals surface area contributed by atoms with Gasteiger partial charge in [-0.15, -0.1) is 13.2 Å². The SMILES string of the molecule is O=C(O)C(O)C(O)c1ccc(OC(F)(F)F)cc1Cl. The van der Waals surface area contributed by atoms with Gasteiger partial charge in [-0.3, -0.25) is 0 Å². The fraction of sp³-hybridized carbons (Fsp3) is 0.300. The third-order valence-electron chi connectivity index (χ3n) is 2.08. The van der Waals surface area contributed by atoms with Crippen molar-refractivity contribution in [2.75, 3.05) is 0 Å². The zero-order valence-electron chi connectivity index (χ0n) is 9.06. The molecule has 3 N–H and O–H groups in total. The summed E-state index contributed by atoms with van der Waals surface area (Å²) in [6, 6.07) is 2.52. The number of aliphatic carboxylic acids is 1. The molecule has 0 aliphatic heterocycles. The van der Waals surface area contributed by atoms with Crippen LogP contribution in [0.1, 0.15) is 11.7 Å². The lowest BCUT2D eigenvalue weighted by atomic mass is 10.0. The smallest absolute Gasteiger partial charge is 0.479 e. The number of carboxylic acid groups (broad SMARTS) is 1. The largest absolute Gasteiger partial charge is 0.573 e. The van der Waals surface area contributed by atoms with E-state index in [0.29, 0.717) is 0 Å². The van der Waals surface area contributed by atoms with E-state index in [1.54, 1.807) is 0 Å². The highest BCUT2D eigenvalue weighted by atomic mass is 35.5. The van der Waals surface area contributed by atoms with Gasteiger partial charge in [0, 0.05) is 5.56 Å². The highest BCUT2D eigenvalue weighted by molar-refractivity contribution is 6.31. The molecule has 0 aromatic heterocycles. The number of halogens is 4. The number of alkyl halides is 3. The monoisotopic (exact) mass is 300 g/mol. The Kier molecular flexibility index (Phi) is 4.61. The molecule has 9 heteroatoms. The van der Waals surface area contributed by atoms with Crippen LogP contribution in [-0.2, 0) is 4.79 Å². The maximum absolute atomic E-state index is 11.9. The first-order valence-corrected chi connectivity index (χ1v) is 5.13. The lowest BCUT2D eigenvalue weighted by molar-refractivity contribution is -0.274. The summed E-state index contributed by atoms with van der Waals surface area (Å²) in [6.07, 6.45) is -8.92. The Balaban J connectivity index is 2.97. The Morgan fingerprint density at radius 3 is 2.32 bits per heavy atom. The second-order valence-corrected chi connectivity index (χ2v) is 3.87. The molecule has 0 saturated heterocycles. The number of aliphatic hydroxyl groups is 2. The van der Waals surface area contributed by atoms with Crippen LogP contribution in [0.5, 0.6) is 5.75 Å². The Hall–Kier alpha value is -1.51. The number of carboxylic acids is 1. The first-order chi connectivity index (χ1) is 8.61. The van der Waals surface area contributed by atoms with Gasteiger partial charge in [0.25, 0.3) is 0 Å². The molecule has 0 heterocycles. The molecule has 5 nitrogen and oxygen atoms in total. The highest BCUT2D eigenvalue weighted by Gasteiger charge is 2.32. The summed E-state index contributed by atoms with van der Waals surface area (Å²) in [7, 11) is 0. The van der Waals surface area contributed by atoms with Crippen molar-refractivity contribution < 1.29 is 38.0 Å². The van der Waals surface area contributed by atoms with Gasteiger partial charge < -0.3 is 20.1 Å². The van der Waals surface area contributed by atoms with Gasteiger partial charge in [-0.05, 0) is 12.1 Å².